The van der Waals surface area contributed by atoms with Crippen LogP contribution < -0.4 is 16.0 Å². The van der Waals surface area contributed by atoms with E-state index < -0.39 is 28.4 Å². The Morgan fingerprint density at radius 1 is 1.05 bits per heavy atom. The Hall–Kier alpha value is -4.05. The molecule has 0 aromatic heterocycles. The molecule has 1 spiro atoms. The molecule has 3 aliphatic heterocycles. The molecule has 10 heteroatoms. The topological polar surface area (TPSA) is 93.8 Å². The van der Waals surface area contributed by atoms with E-state index in [-0.39, 0.29) is 30.5 Å². The minimum Gasteiger partial charge on any atom is -0.368 e. The Morgan fingerprint density at radius 3 is 2.50 bits per heavy atom. The number of dihydropyridines is 1. The second kappa shape index (κ2) is 10.7. The molecule has 0 unspecified atom stereocenters. The highest BCUT2D eigenvalue weighted by molar-refractivity contribution is 5.96. The van der Waals surface area contributed by atoms with Gasteiger partial charge in [0.15, 0.2) is 0 Å². The molecule has 2 aromatic rings. The molecular weight excluding hydrogens is 540 g/mol. The second-order valence-electron chi connectivity index (χ2n) is 12.3. The van der Waals surface area contributed by atoms with Crippen molar-refractivity contribution in [3.8, 4) is 0 Å². The zero-order chi connectivity index (χ0) is 29.6. The minimum absolute atomic E-state index is 0.0290. The van der Waals surface area contributed by atoms with E-state index in [9.17, 15) is 23.2 Å². The Kier molecular flexibility index (Phi) is 7.12. The summed E-state index contributed by atoms with van der Waals surface area (Å²) in [7, 11) is 2.00. The maximum absolute atomic E-state index is 14.0. The Balaban J connectivity index is 1.19. The maximum atomic E-state index is 14.0. The quantitative estimate of drug-likeness (QED) is 0.492. The lowest BCUT2D eigenvalue weighted by atomic mass is 9.78. The van der Waals surface area contributed by atoms with Crippen molar-refractivity contribution in [2.75, 3.05) is 38.5 Å². The summed E-state index contributed by atoms with van der Waals surface area (Å²) in [5.41, 5.74) is 2.49. The number of amides is 3. The predicted molar refractivity (Wildman–Crippen MR) is 154 cm³/mol. The first-order chi connectivity index (χ1) is 20.0. The van der Waals surface area contributed by atoms with Gasteiger partial charge in [-0.1, -0.05) is 25.1 Å². The molecule has 3 heterocycles. The number of rotatable bonds is 6. The van der Waals surface area contributed by atoms with Crippen molar-refractivity contribution in [1.29, 1.82) is 0 Å². The van der Waals surface area contributed by atoms with Gasteiger partial charge in [-0.05, 0) is 86.8 Å². The fourth-order valence-electron chi connectivity index (χ4n) is 6.69. The van der Waals surface area contributed by atoms with Gasteiger partial charge in [-0.2, -0.15) is 0 Å². The highest BCUT2D eigenvalue weighted by Gasteiger charge is 2.51. The van der Waals surface area contributed by atoms with Crippen LogP contribution in [-0.2, 0) is 33.8 Å². The molecule has 1 fully saturated rings. The molecule has 1 aliphatic carbocycles. The molecule has 1 atom stereocenters. The van der Waals surface area contributed by atoms with Crippen molar-refractivity contribution < 1.29 is 23.2 Å². The van der Waals surface area contributed by atoms with Gasteiger partial charge in [0.1, 0.15) is 24.0 Å². The monoisotopic (exact) mass is 575 g/mol. The fourth-order valence-corrected chi connectivity index (χ4v) is 6.69. The molecule has 2 aromatic carbocycles. The van der Waals surface area contributed by atoms with Gasteiger partial charge in [-0.3, -0.25) is 14.4 Å². The number of hydrogen-bond acceptors (Lipinski definition) is 5. The van der Waals surface area contributed by atoms with Crippen LogP contribution in [0.2, 0.25) is 0 Å². The average molecular weight is 576 g/mol. The van der Waals surface area contributed by atoms with Gasteiger partial charge in [0.2, 0.25) is 17.7 Å². The van der Waals surface area contributed by atoms with E-state index in [0.29, 0.717) is 37.9 Å². The largest absolute Gasteiger partial charge is 0.368 e. The predicted octanol–water partition coefficient (Wildman–Crippen LogP) is 3.25. The van der Waals surface area contributed by atoms with Gasteiger partial charge in [0, 0.05) is 35.8 Å². The number of nitrogens with zero attached hydrogens (tertiary/aromatic N) is 2. The molecule has 4 aliphatic rings. The Bertz CT molecular complexity index is 1510. The lowest BCUT2D eigenvalue weighted by Gasteiger charge is -2.39. The number of carbonyl (C=O) groups excluding carboxylic acids is 3. The van der Waals surface area contributed by atoms with Crippen molar-refractivity contribution >= 4 is 23.4 Å². The summed E-state index contributed by atoms with van der Waals surface area (Å²) in [6.07, 6.45) is 6.37. The molecule has 3 amide bonds. The summed E-state index contributed by atoms with van der Waals surface area (Å²) in [5, 5.41) is 9.12. The van der Waals surface area contributed by atoms with E-state index in [4.69, 9.17) is 0 Å². The van der Waals surface area contributed by atoms with Crippen LogP contribution in [0.3, 0.4) is 0 Å². The summed E-state index contributed by atoms with van der Waals surface area (Å²) in [5.74, 6) is -1.35. The fraction of sp³-hybridized carbons (Fsp3) is 0.406. The van der Waals surface area contributed by atoms with Crippen molar-refractivity contribution in [2.45, 2.75) is 39.2 Å². The van der Waals surface area contributed by atoms with Crippen LogP contribution in [0.15, 0.2) is 59.9 Å². The highest BCUT2D eigenvalue weighted by Crippen LogP contribution is 2.48. The number of carbonyl (C=O) groups is 3. The van der Waals surface area contributed by atoms with Crippen LogP contribution in [0, 0.1) is 22.5 Å². The van der Waals surface area contributed by atoms with Crippen LogP contribution in [-0.4, -0.2) is 60.7 Å². The molecule has 6 rings (SSSR count). The summed E-state index contributed by atoms with van der Waals surface area (Å²) in [6.45, 7) is 3.70. The molecule has 3 N–H and O–H groups in total. The first kappa shape index (κ1) is 28.1. The van der Waals surface area contributed by atoms with E-state index >= 15 is 0 Å². The Morgan fingerprint density at radius 2 is 1.76 bits per heavy atom. The lowest BCUT2D eigenvalue weighted by Crippen LogP contribution is -2.49. The zero-order valence-electron chi connectivity index (χ0n) is 23.9. The van der Waals surface area contributed by atoms with Gasteiger partial charge in [0.25, 0.3) is 0 Å². The standard InChI is InChI=1S/C32H35F2N5O3/c1-31(7-10-38(2)11-8-31)30(42)39(18-20-12-23(33)15-24(34)13-20)19-27(40)36-25-6-5-21-16-32(17-22(21)14-25)26-4-3-9-35-28(26)37-29(32)41/h3-6,12-15,35H,7-11,16-19H2,1-2H3,(H,36,40)(H,37,41)/t32-/m1/s1. The molecule has 220 valence electrons. The average Bonchev–Trinajstić information content (AvgIpc) is 3.46. The van der Waals surface area contributed by atoms with Crippen molar-refractivity contribution in [3.05, 3.63) is 88.3 Å². The van der Waals surface area contributed by atoms with Gasteiger partial charge in [-0.25, -0.2) is 8.78 Å². The number of likely N-dealkylation sites (tertiary alicyclic amines) is 1. The minimum atomic E-state index is -0.735. The SMILES string of the molecule is CN1CCC(C)(C(=O)N(CC(=O)Nc2ccc3c(c2)C[C@@]2(C3)C(=O)NC3=C2C=CCN3)Cc2cc(F)cc(F)c2)CC1. The second-order valence-corrected chi connectivity index (χ2v) is 12.3. The molecule has 0 radical (unpaired) electrons. The number of piperidine rings is 1. The van der Waals surface area contributed by atoms with E-state index in [1.54, 1.807) is 6.07 Å². The normalized spacial score (nSPS) is 22.4. The molecule has 0 bridgehead atoms. The van der Waals surface area contributed by atoms with Gasteiger partial charge < -0.3 is 25.8 Å². The molecule has 42 heavy (non-hydrogen) atoms. The zero-order valence-corrected chi connectivity index (χ0v) is 23.9. The van der Waals surface area contributed by atoms with E-state index in [1.165, 1.54) is 17.0 Å². The summed E-state index contributed by atoms with van der Waals surface area (Å²) in [6, 6.07) is 8.78. The van der Waals surface area contributed by atoms with Crippen LogP contribution in [0.1, 0.15) is 36.5 Å². The lowest BCUT2D eigenvalue weighted by molar-refractivity contribution is -0.146. The van der Waals surface area contributed by atoms with Crippen molar-refractivity contribution in [3.63, 3.8) is 0 Å². The molecule has 1 saturated heterocycles. The molecule has 0 saturated carbocycles. The summed E-state index contributed by atoms with van der Waals surface area (Å²) < 4.78 is 27.9. The smallest absolute Gasteiger partial charge is 0.244 e. The molecule has 8 nitrogen and oxygen atoms in total. The summed E-state index contributed by atoms with van der Waals surface area (Å²) in [4.78, 5) is 43.8. The number of nitrogens with one attached hydrogen (secondary N) is 3. The third-order valence-corrected chi connectivity index (χ3v) is 9.14. The van der Waals surface area contributed by atoms with Crippen LogP contribution >= 0.6 is 0 Å². The van der Waals surface area contributed by atoms with Crippen LogP contribution in [0.4, 0.5) is 14.5 Å². The van der Waals surface area contributed by atoms with Crippen LogP contribution in [0.5, 0.6) is 0 Å². The number of halogens is 2. The van der Waals surface area contributed by atoms with Crippen LogP contribution in [0.25, 0.3) is 0 Å². The first-order valence-electron chi connectivity index (χ1n) is 14.4. The number of hydrogen-bond donors (Lipinski definition) is 3. The first-order valence-corrected chi connectivity index (χ1v) is 14.4. The number of benzene rings is 2. The van der Waals surface area contributed by atoms with Gasteiger partial charge >= 0.3 is 0 Å². The summed E-state index contributed by atoms with van der Waals surface area (Å²) >= 11 is 0. The van der Waals surface area contributed by atoms with Gasteiger partial charge in [-0.15, -0.1) is 0 Å². The number of allylic oxidation sites excluding steroid dienone is 1. The van der Waals surface area contributed by atoms with E-state index in [1.807, 2.05) is 38.3 Å². The number of fused-ring (bicyclic) bond motifs is 2. The van der Waals surface area contributed by atoms with Crippen molar-refractivity contribution in [1.82, 2.24) is 20.4 Å². The maximum Gasteiger partial charge on any atom is 0.244 e. The van der Waals surface area contributed by atoms with Gasteiger partial charge in [0.05, 0.1) is 5.41 Å². The van der Waals surface area contributed by atoms with Crippen molar-refractivity contribution in [2.24, 2.45) is 10.8 Å². The van der Waals surface area contributed by atoms with E-state index in [2.05, 4.69) is 20.9 Å². The third kappa shape index (κ3) is 5.19. The van der Waals surface area contributed by atoms with E-state index in [0.717, 1.165) is 41.7 Å². The Labute approximate surface area is 243 Å². The highest BCUT2D eigenvalue weighted by atomic mass is 19.1. The number of anilines is 1. The third-order valence-electron chi connectivity index (χ3n) is 9.14. The molecular formula is C32H35F2N5O3.